The van der Waals surface area contributed by atoms with Crippen molar-refractivity contribution in [3.05, 3.63) is 100 Å². The maximum atomic E-state index is 15.9. The van der Waals surface area contributed by atoms with Gasteiger partial charge in [0.25, 0.3) is 0 Å². The minimum absolute atomic E-state index is 0.0715. The topological polar surface area (TPSA) is 111 Å². The van der Waals surface area contributed by atoms with E-state index in [0.717, 1.165) is 11.6 Å². The Kier molecular flexibility index (Phi) is 7.26. The zero-order valence-corrected chi connectivity index (χ0v) is 23.9. The quantitative estimate of drug-likeness (QED) is 0.291. The molecule has 3 atom stereocenters. The number of aromatic carboxylic acids is 1. The van der Waals surface area contributed by atoms with Crippen molar-refractivity contribution in [2.45, 2.75) is 19.1 Å². The summed E-state index contributed by atoms with van der Waals surface area (Å²) in [6, 6.07) is 18.8. The maximum absolute atomic E-state index is 15.9. The highest BCUT2D eigenvalue weighted by Gasteiger charge is 2.40. The largest absolute Gasteiger partial charge is 0.484 e. The molecule has 10 nitrogen and oxygen atoms in total. The molecule has 0 bridgehead atoms. The standard InChI is InChI=1S/C30H29FN3O7P/c1-19-25(20-9-5-3-6-10-20)34-18-23(30(36)37)28(35)22-17-24(31)27(29(40-19)26(22)34)32-13-15-33(16-14-32)42(38,39-2)41-21-11-7-4-8-12-21/h3-12,17-19,25H,13-16H2,1-2H3,(H,36,37). The molecule has 2 aliphatic rings. The van der Waals surface area contributed by atoms with Crippen LogP contribution in [0.2, 0.25) is 0 Å². The van der Waals surface area contributed by atoms with Crippen LogP contribution in [-0.2, 0) is 9.09 Å². The minimum Gasteiger partial charge on any atom is -0.484 e. The molecule has 1 saturated heterocycles. The number of carboxylic acid groups (broad SMARTS) is 1. The van der Waals surface area contributed by atoms with Gasteiger partial charge in [-0.25, -0.2) is 13.8 Å². The van der Waals surface area contributed by atoms with E-state index in [-0.39, 0.29) is 43.0 Å². The van der Waals surface area contributed by atoms with E-state index in [4.69, 9.17) is 13.8 Å². The van der Waals surface area contributed by atoms with Crippen LogP contribution in [0.15, 0.2) is 77.7 Å². The van der Waals surface area contributed by atoms with Gasteiger partial charge in [-0.3, -0.25) is 9.32 Å². The smallest absolute Gasteiger partial charge is 0.461 e. The number of benzene rings is 3. The van der Waals surface area contributed by atoms with Gasteiger partial charge in [0.1, 0.15) is 23.1 Å². The molecular formula is C30H29FN3O7P. The fourth-order valence-corrected chi connectivity index (χ4v) is 7.25. The second-order valence-corrected chi connectivity index (χ2v) is 12.2. The fraction of sp³-hybridized carbons (Fsp3) is 0.267. The van der Waals surface area contributed by atoms with E-state index in [1.807, 2.05) is 43.3 Å². The molecule has 0 radical (unpaired) electrons. The van der Waals surface area contributed by atoms with Gasteiger partial charge in [0.05, 0.1) is 16.9 Å². The number of rotatable bonds is 7. The zero-order chi connectivity index (χ0) is 29.6. The number of anilines is 1. The number of hydrogen-bond donors (Lipinski definition) is 1. The molecule has 3 heterocycles. The highest BCUT2D eigenvalue weighted by atomic mass is 31.2. The summed E-state index contributed by atoms with van der Waals surface area (Å²) in [7, 11) is -2.35. The van der Waals surface area contributed by atoms with Crippen LogP contribution in [-0.4, -0.2) is 59.7 Å². The Morgan fingerprint density at radius 1 is 1.05 bits per heavy atom. The molecule has 2 aliphatic heterocycles. The van der Waals surface area contributed by atoms with E-state index in [1.54, 1.807) is 38.4 Å². The lowest BCUT2D eigenvalue weighted by Crippen LogP contribution is -2.46. The number of carboxylic acids is 1. The molecule has 12 heteroatoms. The molecule has 0 spiro atoms. The van der Waals surface area contributed by atoms with Crippen molar-refractivity contribution in [3.63, 3.8) is 0 Å². The first-order chi connectivity index (χ1) is 20.2. The molecule has 0 saturated carbocycles. The summed E-state index contributed by atoms with van der Waals surface area (Å²) in [5, 5.41) is 9.72. The molecule has 4 aromatic rings. The summed E-state index contributed by atoms with van der Waals surface area (Å²) < 4.78 is 50.3. The lowest BCUT2D eigenvalue weighted by atomic mass is 9.97. The SMILES string of the molecule is COP(=O)(Oc1ccccc1)N1CCN(c2c(F)cc3c(=O)c(C(=O)O)cn4c3c2OC(C)C4c2ccccc2)CC1. The third kappa shape index (κ3) is 4.73. The number of aromatic nitrogens is 1. The van der Waals surface area contributed by atoms with Crippen LogP contribution in [0.1, 0.15) is 28.9 Å². The maximum Gasteiger partial charge on any atom is 0.461 e. The molecule has 1 fully saturated rings. The Hall–Kier alpha value is -4.18. The monoisotopic (exact) mass is 593 g/mol. The van der Waals surface area contributed by atoms with E-state index in [0.29, 0.717) is 11.3 Å². The Morgan fingerprint density at radius 3 is 2.31 bits per heavy atom. The zero-order valence-electron chi connectivity index (χ0n) is 23.0. The van der Waals surface area contributed by atoms with Gasteiger partial charge in [0, 0.05) is 39.5 Å². The van der Waals surface area contributed by atoms with Crippen LogP contribution >= 0.6 is 7.75 Å². The van der Waals surface area contributed by atoms with Crippen molar-refractivity contribution in [2.75, 3.05) is 38.2 Å². The first kappa shape index (κ1) is 28.0. The van der Waals surface area contributed by atoms with E-state index in [9.17, 15) is 19.3 Å². The van der Waals surface area contributed by atoms with Crippen LogP contribution in [0, 0.1) is 5.82 Å². The van der Waals surface area contributed by atoms with E-state index < -0.39 is 42.7 Å². The molecule has 3 aromatic carbocycles. The fourth-order valence-electron chi connectivity index (χ4n) is 5.77. The van der Waals surface area contributed by atoms with Crippen molar-refractivity contribution in [3.8, 4) is 11.5 Å². The van der Waals surface area contributed by atoms with Gasteiger partial charge in [0.2, 0.25) is 5.43 Å². The van der Waals surface area contributed by atoms with Gasteiger partial charge < -0.3 is 23.8 Å². The molecule has 0 amide bonds. The third-order valence-electron chi connectivity index (χ3n) is 7.73. The van der Waals surface area contributed by atoms with E-state index in [1.165, 1.54) is 13.3 Å². The van der Waals surface area contributed by atoms with Gasteiger partial charge in [-0.1, -0.05) is 48.5 Å². The van der Waals surface area contributed by atoms with Gasteiger partial charge in [0.15, 0.2) is 11.6 Å². The van der Waals surface area contributed by atoms with Crippen LogP contribution in [0.3, 0.4) is 0 Å². The Morgan fingerprint density at radius 2 is 1.69 bits per heavy atom. The number of pyridine rings is 1. The first-order valence-electron chi connectivity index (χ1n) is 13.5. The van der Waals surface area contributed by atoms with Crippen molar-refractivity contribution >= 4 is 30.3 Å². The highest BCUT2D eigenvalue weighted by molar-refractivity contribution is 7.51. The van der Waals surface area contributed by atoms with Crippen LogP contribution in [0.25, 0.3) is 10.9 Å². The van der Waals surface area contributed by atoms with E-state index in [2.05, 4.69) is 0 Å². The number of piperazine rings is 1. The van der Waals surface area contributed by atoms with Gasteiger partial charge in [-0.15, -0.1) is 0 Å². The number of nitrogens with zero attached hydrogens (tertiary/aromatic N) is 3. The molecule has 3 unspecified atom stereocenters. The van der Waals surface area contributed by atoms with Crippen molar-refractivity contribution in [2.24, 2.45) is 0 Å². The summed E-state index contributed by atoms with van der Waals surface area (Å²) in [5.74, 6) is -1.52. The number of halogens is 1. The molecule has 6 rings (SSSR count). The molecule has 1 N–H and O–H groups in total. The van der Waals surface area contributed by atoms with Crippen molar-refractivity contribution in [1.82, 2.24) is 9.24 Å². The lowest BCUT2D eigenvalue weighted by molar-refractivity contribution is 0.0693. The first-order valence-corrected chi connectivity index (χ1v) is 15.0. The summed E-state index contributed by atoms with van der Waals surface area (Å²) in [4.78, 5) is 27.0. The van der Waals surface area contributed by atoms with Crippen LogP contribution in [0.5, 0.6) is 11.5 Å². The average Bonchev–Trinajstić information content (AvgIpc) is 2.99. The van der Waals surface area contributed by atoms with Crippen molar-refractivity contribution in [1.29, 1.82) is 0 Å². The van der Waals surface area contributed by atoms with Gasteiger partial charge in [-0.05, 0) is 30.7 Å². The van der Waals surface area contributed by atoms with Gasteiger partial charge >= 0.3 is 13.7 Å². The number of ether oxygens (including phenoxy) is 1. The Bertz CT molecular complexity index is 1760. The highest BCUT2D eigenvalue weighted by Crippen LogP contribution is 2.52. The molecular weight excluding hydrogens is 564 g/mol. The normalized spacial score (nSPS) is 20.1. The molecule has 1 aromatic heterocycles. The Balaban J connectivity index is 1.41. The van der Waals surface area contributed by atoms with E-state index >= 15 is 4.39 Å². The summed E-state index contributed by atoms with van der Waals surface area (Å²) in [6.45, 7) is 2.83. The average molecular weight is 594 g/mol. The number of carbonyl (C=O) groups is 1. The summed E-state index contributed by atoms with van der Waals surface area (Å²) in [5.41, 5.74) is 0.108. The number of para-hydroxylation sites is 1. The molecule has 218 valence electrons. The molecule has 0 aliphatic carbocycles. The van der Waals surface area contributed by atoms with Crippen LogP contribution < -0.4 is 19.6 Å². The van der Waals surface area contributed by atoms with Crippen LogP contribution in [0.4, 0.5) is 10.1 Å². The predicted molar refractivity (Wildman–Crippen MR) is 155 cm³/mol. The second kappa shape index (κ2) is 10.9. The lowest BCUT2D eigenvalue weighted by Gasteiger charge is -2.40. The predicted octanol–water partition coefficient (Wildman–Crippen LogP) is 5.16. The Labute approximate surface area is 241 Å². The number of hydrogen-bond acceptors (Lipinski definition) is 7. The molecule has 42 heavy (non-hydrogen) atoms. The summed E-state index contributed by atoms with van der Waals surface area (Å²) >= 11 is 0. The summed E-state index contributed by atoms with van der Waals surface area (Å²) in [6.07, 6.45) is 0.796. The minimum atomic E-state index is -3.68. The second-order valence-electron chi connectivity index (χ2n) is 10.2. The van der Waals surface area contributed by atoms with Crippen molar-refractivity contribution < 1.29 is 32.6 Å². The van der Waals surface area contributed by atoms with Gasteiger partial charge in [-0.2, -0.15) is 4.67 Å². The third-order valence-corrected chi connectivity index (χ3v) is 9.73.